The van der Waals surface area contributed by atoms with Crippen molar-refractivity contribution in [3.8, 4) is 0 Å². The fourth-order valence-corrected chi connectivity index (χ4v) is 2.28. The zero-order valence-corrected chi connectivity index (χ0v) is 13.3. The molecule has 8 heteroatoms. The largest absolute Gasteiger partial charge is 0.416 e. The van der Waals surface area contributed by atoms with Crippen molar-refractivity contribution in [3.05, 3.63) is 35.4 Å². The van der Waals surface area contributed by atoms with Crippen LogP contribution in [0.4, 0.5) is 13.2 Å². The van der Waals surface area contributed by atoms with Crippen LogP contribution in [0.25, 0.3) is 0 Å². The third kappa shape index (κ3) is 6.98. The van der Waals surface area contributed by atoms with Gasteiger partial charge in [0.15, 0.2) is 0 Å². The molecule has 0 spiro atoms. The van der Waals surface area contributed by atoms with Crippen molar-refractivity contribution in [1.82, 2.24) is 15.8 Å². The summed E-state index contributed by atoms with van der Waals surface area (Å²) in [6.07, 6.45) is -4.22. The van der Waals surface area contributed by atoms with Gasteiger partial charge in [0.2, 0.25) is 5.91 Å². The number of benzene rings is 1. The lowest BCUT2D eigenvalue weighted by molar-refractivity contribution is -0.137. The van der Waals surface area contributed by atoms with Gasteiger partial charge in [-0.05, 0) is 25.6 Å². The van der Waals surface area contributed by atoms with Crippen LogP contribution in [-0.4, -0.2) is 37.0 Å². The maximum absolute atomic E-state index is 12.8. The van der Waals surface area contributed by atoms with E-state index in [0.29, 0.717) is 25.2 Å². The van der Waals surface area contributed by atoms with Crippen LogP contribution in [0.15, 0.2) is 24.3 Å². The van der Waals surface area contributed by atoms with Gasteiger partial charge in [-0.3, -0.25) is 20.5 Å². The fourth-order valence-electron chi connectivity index (χ4n) is 2.28. The summed E-state index contributed by atoms with van der Waals surface area (Å²) in [7, 11) is 1.73. The van der Waals surface area contributed by atoms with Crippen LogP contribution >= 0.6 is 0 Å². The van der Waals surface area contributed by atoms with Gasteiger partial charge in [0.1, 0.15) is 0 Å². The maximum Gasteiger partial charge on any atom is 0.416 e. The first-order chi connectivity index (χ1) is 10.7. The summed E-state index contributed by atoms with van der Waals surface area (Å²) < 4.78 is 38.4. The average Bonchev–Trinajstić information content (AvgIpc) is 2.45. The van der Waals surface area contributed by atoms with E-state index in [1.54, 1.807) is 13.1 Å². The zero-order chi connectivity index (χ0) is 17.5. The number of carbonyl (C=O) groups is 1. The van der Waals surface area contributed by atoms with E-state index < -0.39 is 17.6 Å². The first-order valence-corrected chi connectivity index (χ1v) is 7.32. The number of rotatable bonds is 9. The third-order valence-corrected chi connectivity index (χ3v) is 3.46. The number of hydrogen-bond donors (Lipinski definition) is 3. The van der Waals surface area contributed by atoms with E-state index in [1.807, 2.05) is 11.8 Å². The number of nitrogens with two attached hydrogens (primary N) is 1. The van der Waals surface area contributed by atoms with Gasteiger partial charge in [-0.15, -0.1) is 0 Å². The van der Waals surface area contributed by atoms with Crippen molar-refractivity contribution in [1.29, 1.82) is 0 Å². The molecule has 23 heavy (non-hydrogen) atoms. The predicted octanol–water partition coefficient (Wildman–Crippen LogP) is 1.50. The highest BCUT2D eigenvalue weighted by atomic mass is 19.4. The highest BCUT2D eigenvalue weighted by Gasteiger charge is 2.30. The molecule has 1 aromatic carbocycles. The molecule has 0 saturated heterocycles. The van der Waals surface area contributed by atoms with Gasteiger partial charge in [0, 0.05) is 32.1 Å². The Balaban J connectivity index is 2.84. The normalized spacial score (nSPS) is 13.3. The molecule has 4 N–H and O–H groups in total. The Morgan fingerprint density at radius 1 is 1.39 bits per heavy atom. The van der Waals surface area contributed by atoms with Crippen molar-refractivity contribution >= 4 is 5.91 Å². The average molecular weight is 332 g/mol. The molecule has 0 aromatic heterocycles. The van der Waals surface area contributed by atoms with Gasteiger partial charge < -0.3 is 5.73 Å². The van der Waals surface area contributed by atoms with Gasteiger partial charge in [0.25, 0.3) is 0 Å². The van der Waals surface area contributed by atoms with Crippen LogP contribution < -0.4 is 16.6 Å². The number of primary amides is 1. The number of amides is 1. The Kier molecular flexibility index (Phi) is 7.47. The highest BCUT2D eigenvalue weighted by molar-refractivity contribution is 5.74. The minimum Gasteiger partial charge on any atom is -0.370 e. The summed E-state index contributed by atoms with van der Waals surface area (Å²) in [6, 6.07) is 5.05. The summed E-state index contributed by atoms with van der Waals surface area (Å²) in [5.74, 6) is -0.437. The molecule has 130 valence electrons. The van der Waals surface area contributed by atoms with Crippen molar-refractivity contribution in [2.45, 2.75) is 32.1 Å². The molecule has 1 amide bonds. The van der Waals surface area contributed by atoms with E-state index in [2.05, 4.69) is 10.9 Å². The first kappa shape index (κ1) is 19.4. The van der Waals surface area contributed by atoms with Crippen LogP contribution in [0.2, 0.25) is 0 Å². The molecule has 0 aliphatic heterocycles. The van der Waals surface area contributed by atoms with E-state index in [-0.39, 0.29) is 12.5 Å². The predicted molar refractivity (Wildman–Crippen MR) is 82.2 cm³/mol. The summed E-state index contributed by atoms with van der Waals surface area (Å²) >= 11 is 0. The van der Waals surface area contributed by atoms with Gasteiger partial charge in [-0.25, -0.2) is 0 Å². The molecule has 1 aromatic rings. The number of hydrazine groups is 1. The van der Waals surface area contributed by atoms with E-state index in [9.17, 15) is 18.0 Å². The maximum atomic E-state index is 12.8. The van der Waals surface area contributed by atoms with Crippen LogP contribution in [0, 0.1) is 0 Å². The van der Waals surface area contributed by atoms with E-state index in [0.717, 1.165) is 12.1 Å². The van der Waals surface area contributed by atoms with Crippen LogP contribution in [0.5, 0.6) is 0 Å². The van der Waals surface area contributed by atoms with Gasteiger partial charge in [-0.1, -0.05) is 18.2 Å². The first-order valence-electron chi connectivity index (χ1n) is 7.32. The lowest BCUT2D eigenvalue weighted by atomic mass is 10.1. The SMILES string of the molecule is CNNCCN(Cc1cccc(C(F)(F)F)c1)C(C)CC(N)=O. The van der Waals surface area contributed by atoms with Gasteiger partial charge in [-0.2, -0.15) is 13.2 Å². The standard InChI is InChI=1S/C15H23F3N4O/c1-11(8-14(19)23)22(7-6-21-20-2)10-12-4-3-5-13(9-12)15(16,17)18/h3-5,9,11,20-21H,6-8,10H2,1-2H3,(H2,19,23). The number of nitrogens with one attached hydrogen (secondary N) is 2. The van der Waals surface area contributed by atoms with Crippen molar-refractivity contribution in [2.24, 2.45) is 5.73 Å². The van der Waals surface area contributed by atoms with Crippen molar-refractivity contribution in [2.75, 3.05) is 20.1 Å². The lowest BCUT2D eigenvalue weighted by Crippen LogP contribution is -2.42. The number of nitrogens with zero attached hydrogens (tertiary/aromatic N) is 1. The summed E-state index contributed by atoms with van der Waals surface area (Å²) in [4.78, 5) is 13.0. The van der Waals surface area contributed by atoms with E-state index >= 15 is 0 Å². The molecule has 1 unspecified atom stereocenters. The molecule has 1 rings (SSSR count). The molecule has 0 aliphatic carbocycles. The smallest absolute Gasteiger partial charge is 0.370 e. The number of carbonyl (C=O) groups excluding carboxylic acids is 1. The Bertz CT molecular complexity index is 508. The monoisotopic (exact) mass is 332 g/mol. The molecule has 5 nitrogen and oxygen atoms in total. The minimum atomic E-state index is -4.37. The summed E-state index contributed by atoms with van der Waals surface area (Å²) in [5, 5.41) is 0. The van der Waals surface area contributed by atoms with Crippen molar-refractivity contribution < 1.29 is 18.0 Å². The second-order valence-electron chi connectivity index (χ2n) is 5.36. The van der Waals surface area contributed by atoms with Crippen LogP contribution in [-0.2, 0) is 17.5 Å². The molecule has 0 saturated carbocycles. The Morgan fingerprint density at radius 3 is 2.65 bits per heavy atom. The Hall–Kier alpha value is -1.64. The lowest BCUT2D eigenvalue weighted by Gasteiger charge is -2.28. The van der Waals surface area contributed by atoms with E-state index in [4.69, 9.17) is 5.73 Å². The zero-order valence-electron chi connectivity index (χ0n) is 13.3. The Morgan fingerprint density at radius 2 is 2.09 bits per heavy atom. The van der Waals surface area contributed by atoms with Gasteiger partial charge >= 0.3 is 6.18 Å². The van der Waals surface area contributed by atoms with Crippen LogP contribution in [0.1, 0.15) is 24.5 Å². The quantitative estimate of drug-likeness (QED) is 0.473. The summed E-state index contributed by atoms with van der Waals surface area (Å²) in [5.41, 5.74) is 10.8. The van der Waals surface area contributed by atoms with E-state index in [1.165, 1.54) is 6.07 Å². The third-order valence-electron chi connectivity index (χ3n) is 3.46. The molecular weight excluding hydrogens is 309 g/mol. The van der Waals surface area contributed by atoms with Crippen LogP contribution in [0.3, 0.4) is 0 Å². The molecule has 0 fully saturated rings. The fraction of sp³-hybridized carbons (Fsp3) is 0.533. The van der Waals surface area contributed by atoms with Crippen molar-refractivity contribution in [3.63, 3.8) is 0 Å². The topological polar surface area (TPSA) is 70.4 Å². The molecule has 0 radical (unpaired) electrons. The van der Waals surface area contributed by atoms with Gasteiger partial charge in [0.05, 0.1) is 5.56 Å². The molecule has 0 heterocycles. The number of alkyl halides is 3. The second-order valence-corrected chi connectivity index (χ2v) is 5.36. The molecule has 0 bridgehead atoms. The number of halogens is 3. The summed E-state index contributed by atoms with van der Waals surface area (Å²) in [6.45, 7) is 3.28. The molecule has 0 aliphatic rings. The molecule has 1 atom stereocenters. The minimum absolute atomic E-state index is 0.151. The molecular formula is C15H23F3N4O. The highest BCUT2D eigenvalue weighted by Crippen LogP contribution is 2.29. The Labute approximate surface area is 134 Å². The second kappa shape index (κ2) is 8.85. The number of hydrogen-bond acceptors (Lipinski definition) is 4.